The van der Waals surface area contributed by atoms with Gasteiger partial charge in [0.25, 0.3) is 0 Å². The smallest absolute Gasteiger partial charge is 0.236 e. The van der Waals surface area contributed by atoms with Crippen LogP contribution in [-0.4, -0.2) is 23.3 Å². The Bertz CT molecular complexity index is 715. The molecule has 7 heteroatoms. The third-order valence-corrected chi connectivity index (χ3v) is 2.59. The second kappa shape index (κ2) is 8.19. The van der Waals surface area contributed by atoms with Gasteiger partial charge in [0.1, 0.15) is 0 Å². The van der Waals surface area contributed by atoms with Crippen LogP contribution in [0.3, 0.4) is 0 Å². The van der Waals surface area contributed by atoms with Gasteiger partial charge in [-0.15, -0.1) is 0 Å². The number of carbonyl (C=O) groups is 2. The minimum Gasteiger partial charge on any atom is -0.397 e. The number of hydrogen-bond acceptors (Lipinski definition) is 3. The van der Waals surface area contributed by atoms with E-state index in [2.05, 4.69) is 0 Å². The summed E-state index contributed by atoms with van der Waals surface area (Å²) in [5.74, 6) is -10.4. The van der Waals surface area contributed by atoms with Crippen molar-refractivity contribution in [3.8, 4) is 0 Å². The zero-order valence-electron chi connectivity index (χ0n) is 11.9. The summed E-state index contributed by atoms with van der Waals surface area (Å²) in [6, 6.07) is 7.24. The van der Waals surface area contributed by atoms with E-state index in [0.29, 0.717) is 0 Å². The molecule has 2 aromatic rings. The minimum atomic E-state index is -2.13. The first kappa shape index (κ1) is 18.5. The molecular weight excluding hydrogens is 316 g/mol. The normalized spacial score (nSPS) is 9.83. The number of ketones is 2. The van der Waals surface area contributed by atoms with E-state index in [1.807, 2.05) is 0 Å². The van der Waals surface area contributed by atoms with Gasteiger partial charge in [-0.25, -0.2) is 17.6 Å². The zero-order valence-corrected chi connectivity index (χ0v) is 11.9. The van der Waals surface area contributed by atoms with Crippen LogP contribution in [-0.2, 0) is 0 Å². The van der Waals surface area contributed by atoms with E-state index in [-0.39, 0.29) is 18.2 Å². The third-order valence-electron chi connectivity index (χ3n) is 2.59. The van der Waals surface area contributed by atoms with Crippen molar-refractivity contribution >= 4 is 11.6 Å². The van der Waals surface area contributed by atoms with Gasteiger partial charge in [-0.2, -0.15) is 0 Å². The number of halogens is 4. The van der Waals surface area contributed by atoms with Crippen molar-refractivity contribution in [2.75, 3.05) is 6.61 Å². The van der Waals surface area contributed by atoms with Crippen molar-refractivity contribution in [2.24, 2.45) is 0 Å². The summed E-state index contributed by atoms with van der Waals surface area (Å²) in [4.78, 5) is 23.5. The summed E-state index contributed by atoms with van der Waals surface area (Å²) in [5.41, 5.74) is -1.21. The molecule has 0 aliphatic rings. The Morgan fingerprint density at radius 2 is 1.43 bits per heavy atom. The first-order valence-corrected chi connectivity index (χ1v) is 6.43. The lowest BCUT2D eigenvalue weighted by atomic mass is 10.0. The summed E-state index contributed by atoms with van der Waals surface area (Å²) >= 11 is 0. The van der Waals surface area contributed by atoms with Crippen LogP contribution in [0.1, 0.15) is 27.6 Å². The van der Waals surface area contributed by atoms with Crippen molar-refractivity contribution in [3.63, 3.8) is 0 Å². The van der Waals surface area contributed by atoms with Crippen molar-refractivity contribution in [1.82, 2.24) is 0 Å². The molecule has 0 aliphatic carbocycles. The summed E-state index contributed by atoms with van der Waals surface area (Å²) in [6.45, 7) is 1.93. The second-order valence-electron chi connectivity index (χ2n) is 4.19. The van der Waals surface area contributed by atoms with Crippen LogP contribution in [0.2, 0.25) is 0 Å². The molecule has 0 bridgehead atoms. The van der Waals surface area contributed by atoms with Gasteiger partial charge in [0.05, 0.1) is 5.56 Å². The van der Waals surface area contributed by atoms with Crippen LogP contribution in [0.4, 0.5) is 17.6 Å². The second-order valence-corrected chi connectivity index (χ2v) is 4.19. The number of aliphatic hydroxyl groups excluding tert-OH is 1. The van der Waals surface area contributed by atoms with Crippen LogP contribution in [0.25, 0.3) is 0 Å². The molecule has 0 radical (unpaired) electrons. The minimum absolute atomic E-state index is 0.0676. The summed E-state index contributed by atoms with van der Waals surface area (Å²) in [5, 5.41) is 7.57. The number of rotatable bonds is 3. The Kier molecular flexibility index (Phi) is 6.59. The van der Waals surface area contributed by atoms with Gasteiger partial charge in [0.2, 0.25) is 11.6 Å². The molecule has 0 saturated heterocycles. The Morgan fingerprint density at radius 3 is 1.96 bits per heavy atom. The average molecular weight is 328 g/mol. The van der Waals surface area contributed by atoms with E-state index in [0.717, 1.165) is 0 Å². The van der Waals surface area contributed by atoms with Gasteiger partial charge in [0, 0.05) is 12.2 Å². The van der Waals surface area contributed by atoms with Crippen molar-refractivity contribution < 1.29 is 32.3 Å². The van der Waals surface area contributed by atoms with E-state index in [1.54, 1.807) is 13.0 Å². The van der Waals surface area contributed by atoms with Gasteiger partial charge in [-0.1, -0.05) is 30.3 Å². The number of aliphatic hydroxyl groups is 1. The molecule has 3 nitrogen and oxygen atoms in total. The first-order valence-electron chi connectivity index (χ1n) is 6.43. The molecule has 122 valence electrons. The highest BCUT2D eigenvalue weighted by molar-refractivity contribution is 6.49. The Balaban J connectivity index is 0.000000816. The molecule has 0 atom stereocenters. The van der Waals surface area contributed by atoms with Gasteiger partial charge >= 0.3 is 0 Å². The van der Waals surface area contributed by atoms with E-state index in [1.165, 1.54) is 24.3 Å². The predicted octanol–water partition coefficient (Wildman–Crippen LogP) is 3.31. The van der Waals surface area contributed by atoms with Gasteiger partial charge in [-0.05, 0) is 13.0 Å². The molecule has 0 heterocycles. The monoisotopic (exact) mass is 328 g/mol. The molecule has 23 heavy (non-hydrogen) atoms. The third kappa shape index (κ3) is 4.23. The SMILES string of the molecule is CCO.O=C(C(=O)c1cc(F)c(F)c(F)c1F)c1ccccc1. The molecule has 1 N–H and O–H groups in total. The Labute approximate surface area is 129 Å². The molecule has 0 amide bonds. The Hall–Kier alpha value is -2.54. The van der Waals surface area contributed by atoms with Gasteiger partial charge in [-0.3, -0.25) is 9.59 Å². The molecule has 0 aliphatic heterocycles. The Morgan fingerprint density at radius 1 is 0.913 bits per heavy atom. The first-order chi connectivity index (χ1) is 10.8. The van der Waals surface area contributed by atoms with Gasteiger partial charge in [0.15, 0.2) is 23.3 Å². The predicted molar refractivity (Wildman–Crippen MR) is 74.1 cm³/mol. The lowest BCUT2D eigenvalue weighted by molar-refractivity contribution is 0.0813. The molecule has 0 fully saturated rings. The topological polar surface area (TPSA) is 54.4 Å². The van der Waals surface area contributed by atoms with Crippen LogP contribution in [0.15, 0.2) is 36.4 Å². The highest BCUT2D eigenvalue weighted by atomic mass is 19.2. The van der Waals surface area contributed by atoms with Crippen molar-refractivity contribution in [1.29, 1.82) is 0 Å². The largest absolute Gasteiger partial charge is 0.397 e. The average Bonchev–Trinajstić information content (AvgIpc) is 2.56. The van der Waals surface area contributed by atoms with Crippen LogP contribution < -0.4 is 0 Å². The molecule has 0 aromatic heterocycles. The number of Topliss-reactive ketones (excluding diaryl/α,β-unsaturated/α-hetero) is 2. The van der Waals surface area contributed by atoms with Crippen LogP contribution in [0, 0.1) is 23.3 Å². The molecule has 2 aromatic carbocycles. The maximum atomic E-state index is 13.4. The van der Waals surface area contributed by atoms with E-state index >= 15 is 0 Å². The fourth-order valence-corrected chi connectivity index (χ4v) is 1.58. The van der Waals surface area contributed by atoms with E-state index in [9.17, 15) is 27.2 Å². The molecule has 0 spiro atoms. The lowest BCUT2D eigenvalue weighted by Gasteiger charge is -2.04. The van der Waals surface area contributed by atoms with E-state index < -0.39 is 40.4 Å². The molecule has 0 unspecified atom stereocenters. The van der Waals surface area contributed by atoms with Crippen LogP contribution in [0.5, 0.6) is 0 Å². The van der Waals surface area contributed by atoms with Crippen molar-refractivity contribution in [3.05, 3.63) is 70.8 Å². The quantitative estimate of drug-likeness (QED) is 0.309. The summed E-state index contributed by atoms with van der Waals surface area (Å²) < 4.78 is 52.2. The standard InChI is InChI=1S/C14H6F4O2.C2H6O/c15-9-6-8(10(16)12(18)11(9)17)14(20)13(19)7-4-2-1-3-5-7;1-2-3/h1-6H;3H,2H2,1H3. The highest BCUT2D eigenvalue weighted by Crippen LogP contribution is 2.20. The number of carbonyl (C=O) groups excluding carboxylic acids is 2. The summed E-state index contributed by atoms with van der Waals surface area (Å²) in [6.07, 6.45) is 0. The number of benzene rings is 2. The maximum Gasteiger partial charge on any atom is 0.236 e. The lowest BCUT2D eigenvalue weighted by Crippen LogP contribution is -2.18. The fourth-order valence-electron chi connectivity index (χ4n) is 1.58. The van der Waals surface area contributed by atoms with E-state index in [4.69, 9.17) is 5.11 Å². The maximum absolute atomic E-state index is 13.4. The molecular formula is C16H12F4O3. The molecule has 0 saturated carbocycles. The summed E-state index contributed by atoms with van der Waals surface area (Å²) in [7, 11) is 0. The highest BCUT2D eigenvalue weighted by Gasteiger charge is 2.27. The van der Waals surface area contributed by atoms with Crippen LogP contribution >= 0.6 is 0 Å². The molecule has 2 rings (SSSR count). The van der Waals surface area contributed by atoms with Crippen molar-refractivity contribution in [2.45, 2.75) is 6.92 Å². The zero-order chi connectivity index (χ0) is 17.6. The number of hydrogen-bond donors (Lipinski definition) is 1. The fraction of sp³-hybridized carbons (Fsp3) is 0.125. The van der Waals surface area contributed by atoms with Gasteiger partial charge < -0.3 is 5.11 Å².